The summed E-state index contributed by atoms with van der Waals surface area (Å²) in [5, 5.41) is 3.55. The highest BCUT2D eigenvalue weighted by Gasteiger charge is 2.26. The summed E-state index contributed by atoms with van der Waals surface area (Å²) >= 11 is 5.94. The van der Waals surface area contributed by atoms with Crippen LogP contribution in [0.5, 0.6) is 0 Å². The summed E-state index contributed by atoms with van der Waals surface area (Å²) in [6, 6.07) is 5.45. The van der Waals surface area contributed by atoms with E-state index in [2.05, 4.69) is 5.32 Å². The van der Waals surface area contributed by atoms with E-state index >= 15 is 0 Å². The Morgan fingerprint density at radius 3 is 2.55 bits per heavy atom. The molecule has 1 heterocycles. The van der Waals surface area contributed by atoms with Crippen LogP contribution < -0.4 is 5.32 Å². The third kappa shape index (κ3) is 3.51. The van der Waals surface area contributed by atoms with E-state index in [1.807, 2.05) is 13.0 Å². The van der Waals surface area contributed by atoms with Gasteiger partial charge in [0.15, 0.2) is 0 Å². The van der Waals surface area contributed by atoms with Gasteiger partial charge >= 0.3 is 0 Å². The molecule has 1 saturated heterocycles. The summed E-state index contributed by atoms with van der Waals surface area (Å²) in [6.07, 6.45) is 1.43. The van der Waals surface area contributed by atoms with Crippen molar-refractivity contribution in [2.24, 2.45) is 5.92 Å². The van der Waals surface area contributed by atoms with Crippen LogP contribution >= 0.6 is 11.6 Å². The minimum Gasteiger partial charge on any atom is -0.343 e. The van der Waals surface area contributed by atoms with Crippen molar-refractivity contribution in [2.75, 3.05) is 18.4 Å². The number of amides is 2. The molecule has 5 heteroatoms. The molecular formula is C15H19ClN2O2. The van der Waals surface area contributed by atoms with Crippen molar-refractivity contribution in [3.63, 3.8) is 0 Å². The lowest BCUT2D eigenvalue weighted by Gasteiger charge is -2.30. The molecule has 4 nitrogen and oxygen atoms in total. The average molecular weight is 295 g/mol. The Balaban J connectivity index is 1.96. The van der Waals surface area contributed by atoms with Crippen molar-refractivity contribution >= 4 is 29.1 Å². The lowest BCUT2D eigenvalue weighted by Crippen LogP contribution is -2.40. The molecule has 1 aliphatic rings. The van der Waals surface area contributed by atoms with Crippen LogP contribution in [-0.2, 0) is 9.59 Å². The number of rotatable bonds is 2. The van der Waals surface area contributed by atoms with Crippen LogP contribution in [0.4, 0.5) is 5.69 Å². The van der Waals surface area contributed by atoms with Gasteiger partial charge in [-0.3, -0.25) is 9.59 Å². The largest absolute Gasteiger partial charge is 0.343 e. The van der Waals surface area contributed by atoms with Gasteiger partial charge in [0.05, 0.1) is 0 Å². The molecule has 0 radical (unpaired) electrons. The molecule has 0 aromatic heterocycles. The molecule has 2 rings (SSSR count). The number of anilines is 1. The van der Waals surface area contributed by atoms with Gasteiger partial charge in [0.25, 0.3) is 0 Å². The third-order valence-electron chi connectivity index (χ3n) is 3.77. The molecule has 0 unspecified atom stereocenters. The minimum absolute atomic E-state index is 0.0126. The SMILES string of the molecule is CC(=O)N1CCC(C(=O)Nc2cc(Cl)ccc2C)CC1. The molecule has 0 atom stereocenters. The maximum absolute atomic E-state index is 12.2. The number of halogens is 1. The number of nitrogens with one attached hydrogen (secondary N) is 1. The standard InChI is InChI=1S/C15H19ClN2O2/c1-10-3-4-13(16)9-14(10)17-15(20)12-5-7-18(8-6-12)11(2)19/h3-4,9,12H,5-8H2,1-2H3,(H,17,20). The fraction of sp³-hybridized carbons (Fsp3) is 0.467. The Morgan fingerprint density at radius 2 is 1.95 bits per heavy atom. The van der Waals surface area contributed by atoms with E-state index in [1.54, 1.807) is 24.0 Å². The Hall–Kier alpha value is -1.55. The number of benzene rings is 1. The molecule has 2 amide bonds. The van der Waals surface area contributed by atoms with E-state index in [4.69, 9.17) is 11.6 Å². The predicted molar refractivity (Wildman–Crippen MR) is 79.8 cm³/mol. The zero-order valence-corrected chi connectivity index (χ0v) is 12.5. The second-order valence-electron chi connectivity index (χ2n) is 5.23. The highest BCUT2D eigenvalue weighted by Crippen LogP contribution is 2.23. The predicted octanol–water partition coefficient (Wildman–Crippen LogP) is 2.85. The second-order valence-corrected chi connectivity index (χ2v) is 5.67. The summed E-state index contributed by atoms with van der Waals surface area (Å²) in [5.74, 6) is 0.0529. The van der Waals surface area contributed by atoms with Gasteiger partial charge in [-0.1, -0.05) is 17.7 Å². The van der Waals surface area contributed by atoms with Crippen molar-refractivity contribution in [2.45, 2.75) is 26.7 Å². The molecule has 1 N–H and O–H groups in total. The number of hydrogen-bond donors (Lipinski definition) is 1. The van der Waals surface area contributed by atoms with Crippen LogP contribution in [0.25, 0.3) is 0 Å². The smallest absolute Gasteiger partial charge is 0.227 e. The number of carbonyl (C=O) groups is 2. The summed E-state index contributed by atoms with van der Waals surface area (Å²) in [6.45, 7) is 4.81. The molecule has 1 fully saturated rings. The lowest BCUT2D eigenvalue weighted by atomic mass is 9.95. The van der Waals surface area contributed by atoms with Crippen molar-refractivity contribution in [1.82, 2.24) is 4.90 Å². The van der Waals surface area contributed by atoms with Crippen LogP contribution in [0.1, 0.15) is 25.3 Å². The number of aryl methyl sites for hydroxylation is 1. The zero-order chi connectivity index (χ0) is 14.7. The Bertz CT molecular complexity index is 523. The first-order valence-electron chi connectivity index (χ1n) is 6.80. The van der Waals surface area contributed by atoms with Crippen LogP contribution in [0.2, 0.25) is 5.02 Å². The topological polar surface area (TPSA) is 49.4 Å². The van der Waals surface area contributed by atoms with Crippen molar-refractivity contribution in [1.29, 1.82) is 0 Å². The highest BCUT2D eigenvalue weighted by atomic mass is 35.5. The highest BCUT2D eigenvalue weighted by molar-refractivity contribution is 6.31. The van der Waals surface area contributed by atoms with Crippen molar-refractivity contribution < 1.29 is 9.59 Å². The summed E-state index contributed by atoms with van der Waals surface area (Å²) in [7, 11) is 0. The number of piperidine rings is 1. The molecule has 1 aliphatic heterocycles. The van der Waals surface area contributed by atoms with Gasteiger partial charge in [-0.15, -0.1) is 0 Å². The van der Waals surface area contributed by atoms with E-state index < -0.39 is 0 Å². The third-order valence-corrected chi connectivity index (χ3v) is 4.00. The molecule has 0 saturated carbocycles. The molecule has 0 bridgehead atoms. The first kappa shape index (κ1) is 14.9. The van der Waals surface area contributed by atoms with Gasteiger partial charge in [-0.2, -0.15) is 0 Å². The number of hydrogen-bond acceptors (Lipinski definition) is 2. The fourth-order valence-corrected chi connectivity index (χ4v) is 2.59. The van der Waals surface area contributed by atoms with E-state index in [1.165, 1.54) is 0 Å². The average Bonchev–Trinajstić information content (AvgIpc) is 2.43. The summed E-state index contributed by atoms with van der Waals surface area (Å²) < 4.78 is 0. The van der Waals surface area contributed by atoms with E-state index in [0.717, 1.165) is 11.3 Å². The molecule has 0 aliphatic carbocycles. The van der Waals surface area contributed by atoms with E-state index in [-0.39, 0.29) is 17.7 Å². The maximum Gasteiger partial charge on any atom is 0.227 e. The van der Waals surface area contributed by atoms with Crippen LogP contribution in [0, 0.1) is 12.8 Å². The monoisotopic (exact) mass is 294 g/mol. The van der Waals surface area contributed by atoms with Crippen molar-refractivity contribution in [3.05, 3.63) is 28.8 Å². The first-order chi connectivity index (χ1) is 9.47. The van der Waals surface area contributed by atoms with Crippen molar-refractivity contribution in [3.8, 4) is 0 Å². The number of likely N-dealkylation sites (tertiary alicyclic amines) is 1. The number of carbonyl (C=O) groups excluding carboxylic acids is 2. The molecular weight excluding hydrogens is 276 g/mol. The fourth-order valence-electron chi connectivity index (χ4n) is 2.42. The van der Waals surface area contributed by atoms with E-state index in [0.29, 0.717) is 31.0 Å². The first-order valence-corrected chi connectivity index (χ1v) is 7.17. The molecule has 1 aromatic carbocycles. The number of nitrogens with zero attached hydrogens (tertiary/aromatic N) is 1. The maximum atomic E-state index is 12.2. The van der Waals surface area contributed by atoms with Gasteiger partial charge in [0, 0.05) is 36.6 Å². The zero-order valence-electron chi connectivity index (χ0n) is 11.8. The molecule has 1 aromatic rings. The van der Waals surface area contributed by atoms with Crippen LogP contribution in [-0.4, -0.2) is 29.8 Å². The lowest BCUT2D eigenvalue weighted by molar-refractivity contribution is -0.132. The van der Waals surface area contributed by atoms with Gasteiger partial charge < -0.3 is 10.2 Å². The van der Waals surface area contributed by atoms with Gasteiger partial charge in [0.1, 0.15) is 0 Å². The van der Waals surface area contributed by atoms with Crippen LogP contribution in [0.15, 0.2) is 18.2 Å². The minimum atomic E-state index is -0.0380. The van der Waals surface area contributed by atoms with Gasteiger partial charge in [0.2, 0.25) is 11.8 Å². The molecule has 20 heavy (non-hydrogen) atoms. The Kier molecular flexibility index (Phi) is 4.65. The van der Waals surface area contributed by atoms with Gasteiger partial charge in [-0.05, 0) is 37.5 Å². The summed E-state index contributed by atoms with van der Waals surface area (Å²) in [4.78, 5) is 25.3. The Labute approximate surface area is 124 Å². The summed E-state index contributed by atoms with van der Waals surface area (Å²) in [5.41, 5.74) is 1.75. The van der Waals surface area contributed by atoms with Gasteiger partial charge in [-0.25, -0.2) is 0 Å². The van der Waals surface area contributed by atoms with E-state index in [9.17, 15) is 9.59 Å². The molecule has 0 spiro atoms. The Morgan fingerprint density at radius 1 is 1.30 bits per heavy atom. The second kappa shape index (κ2) is 6.27. The quantitative estimate of drug-likeness (QED) is 0.912. The molecule has 108 valence electrons. The normalized spacial score (nSPS) is 16.1. The van der Waals surface area contributed by atoms with Crippen LogP contribution in [0.3, 0.4) is 0 Å².